The van der Waals surface area contributed by atoms with Crippen molar-refractivity contribution in [3.05, 3.63) is 107 Å². The molecular weight excluding hydrogens is 444 g/mol. The standard InChI is InChI=1S/C29H22O6/c1-29(2)25-15-21(34-27(32)17-3-7-19(30)8-4-17)11-13-23(25)24-14-12-22(16-26(24)29)35-28(33)18-5-9-20(31)10-6-18/h3-16,30-31H,1-2H3. The second kappa shape index (κ2) is 8.33. The molecule has 0 atom stereocenters. The maximum Gasteiger partial charge on any atom is 0.343 e. The van der Waals surface area contributed by atoms with Gasteiger partial charge in [-0.3, -0.25) is 0 Å². The predicted molar refractivity (Wildman–Crippen MR) is 130 cm³/mol. The largest absolute Gasteiger partial charge is 0.508 e. The van der Waals surface area contributed by atoms with Crippen molar-refractivity contribution in [1.82, 2.24) is 0 Å². The van der Waals surface area contributed by atoms with Crippen molar-refractivity contribution < 1.29 is 29.3 Å². The first-order valence-electron chi connectivity index (χ1n) is 11.0. The summed E-state index contributed by atoms with van der Waals surface area (Å²) >= 11 is 0. The SMILES string of the molecule is CC1(C)c2cc(OC(=O)c3ccc(O)cc3)ccc2-c2ccc(OC(=O)c3ccc(O)cc3)cc21. The van der Waals surface area contributed by atoms with Crippen LogP contribution in [0.3, 0.4) is 0 Å². The van der Waals surface area contributed by atoms with Gasteiger partial charge in [0.2, 0.25) is 0 Å². The number of phenolic OH excluding ortho intramolecular Hbond substituents is 2. The number of rotatable bonds is 4. The van der Waals surface area contributed by atoms with Crippen LogP contribution in [-0.2, 0) is 5.41 Å². The number of carbonyl (C=O) groups is 2. The second-order valence-electron chi connectivity index (χ2n) is 8.91. The van der Waals surface area contributed by atoms with Crippen molar-refractivity contribution in [2.75, 3.05) is 0 Å². The summed E-state index contributed by atoms with van der Waals surface area (Å²) in [5.41, 5.74) is 4.27. The predicted octanol–water partition coefficient (Wildman–Crippen LogP) is 5.84. The highest BCUT2D eigenvalue weighted by Crippen LogP contribution is 2.50. The molecule has 5 rings (SSSR count). The van der Waals surface area contributed by atoms with Gasteiger partial charge in [-0.25, -0.2) is 9.59 Å². The van der Waals surface area contributed by atoms with E-state index in [-0.39, 0.29) is 11.5 Å². The Balaban J connectivity index is 1.40. The van der Waals surface area contributed by atoms with Crippen molar-refractivity contribution in [1.29, 1.82) is 0 Å². The molecule has 0 aromatic heterocycles. The van der Waals surface area contributed by atoms with Crippen molar-refractivity contribution in [2.24, 2.45) is 0 Å². The molecule has 35 heavy (non-hydrogen) atoms. The average molecular weight is 466 g/mol. The van der Waals surface area contributed by atoms with E-state index < -0.39 is 17.4 Å². The van der Waals surface area contributed by atoms with E-state index in [0.717, 1.165) is 22.3 Å². The van der Waals surface area contributed by atoms with Gasteiger partial charge >= 0.3 is 11.9 Å². The fourth-order valence-corrected chi connectivity index (χ4v) is 4.35. The van der Waals surface area contributed by atoms with Crippen LogP contribution in [0.5, 0.6) is 23.0 Å². The zero-order chi connectivity index (χ0) is 24.7. The third-order valence-corrected chi connectivity index (χ3v) is 6.25. The Morgan fingerprint density at radius 3 is 1.34 bits per heavy atom. The van der Waals surface area contributed by atoms with Crippen LogP contribution in [0.25, 0.3) is 11.1 Å². The Morgan fingerprint density at radius 2 is 0.971 bits per heavy atom. The summed E-state index contributed by atoms with van der Waals surface area (Å²) in [4.78, 5) is 25.0. The van der Waals surface area contributed by atoms with Crippen LogP contribution in [0.1, 0.15) is 45.7 Å². The summed E-state index contributed by atoms with van der Waals surface area (Å²) in [6.45, 7) is 4.13. The van der Waals surface area contributed by atoms with E-state index in [2.05, 4.69) is 13.8 Å². The van der Waals surface area contributed by atoms with Crippen LogP contribution in [0, 0.1) is 0 Å². The van der Waals surface area contributed by atoms with E-state index in [9.17, 15) is 19.8 Å². The van der Waals surface area contributed by atoms with Gasteiger partial charge in [-0.2, -0.15) is 0 Å². The van der Waals surface area contributed by atoms with Crippen molar-refractivity contribution in [3.8, 4) is 34.1 Å². The van der Waals surface area contributed by atoms with E-state index in [1.54, 1.807) is 12.1 Å². The molecule has 0 saturated carbocycles. The number of carbonyl (C=O) groups excluding carboxylic acids is 2. The Bertz CT molecular complexity index is 1340. The van der Waals surface area contributed by atoms with Crippen LogP contribution in [0.15, 0.2) is 84.9 Å². The molecule has 6 heteroatoms. The summed E-state index contributed by atoms with van der Waals surface area (Å²) in [6, 6.07) is 22.8. The van der Waals surface area contributed by atoms with Crippen molar-refractivity contribution in [2.45, 2.75) is 19.3 Å². The van der Waals surface area contributed by atoms with Crippen molar-refractivity contribution in [3.63, 3.8) is 0 Å². The molecule has 4 aromatic carbocycles. The fraction of sp³-hybridized carbons (Fsp3) is 0.103. The molecule has 6 nitrogen and oxygen atoms in total. The molecule has 1 aliphatic carbocycles. The molecule has 0 saturated heterocycles. The highest BCUT2D eigenvalue weighted by atomic mass is 16.5. The molecule has 4 aromatic rings. The average Bonchev–Trinajstić information content (AvgIpc) is 3.06. The molecule has 0 heterocycles. The Hall–Kier alpha value is -4.58. The topological polar surface area (TPSA) is 93.1 Å². The van der Waals surface area contributed by atoms with Crippen LogP contribution < -0.4 is 9.47 Å². The summed E-state index contributed by atoms with van der Waals surface area (Å²) in [5, 5.41) is 18.8. The molecule has 1 aliphatic rings. The lowest BCUT2D eigenvalue weighted by atomic mass is 9.82. The first kappa shape index (κ1) is 22.2. The zero-order valence-corrected chi connectivity index (χ0v) is 19.1. The molecule has 0 aliphatic heterocycles. The molecule has 0 unspecified atom stereocenters. The minimum atomic E-state index is -0.512. The monoisotopic (exact) mass is 466 g/mol. The first-order chi connectivity index (χ1) is 16.7. The van der Waals surface area contributed by atoms with Gasteiger partial charge in [0.05, 0.1) is 11.1 Å². The number of aromatic hydroxyl groups is 2. The van der Waals surface area contributed by atoms with Gasteiger partial charge in [-0.05, 0) is 95.1 Å². The highest BCUT2D eigenvalue weighted by molar-refractivity contribution is 5.92. The molecular formula is C29H22O6. The lowest BCUT2D eigenvalue weighted by Gasteiger charge is -2.22. The Labute approximate surface area is 202 Å². The molecule has 174 valence electrons. The van der Waals surface area contributed by atoms with Crippen LogP contribution in [0.4, 0.5) is 0 Å². The number of benzene rings is 4. The minimum Gasteiger partial charge on any atom is -0.508 e. The summed E-state index contributed by atoms with van der Waals surface area (Å²) in [6.07, 6.45) is 0. The van der Waals surface area contributed by atoms with Crippen LogP contribution in [0.2, 0.25) is 0 Å². The number of phenols is 2. The molecule has 0 fully saturated rings. The van der Waals surface area contributed by atoms with E-state index in [4.69, 9.17) is 9.47 Å². The number of hydrogen-bond acceptors (Lipinski definition) is 6. The van der Waals surface area contributed by atoms with E-state index in [0.29, 0.717) is 22.6 Å². The summed E-state index contributed by atoms with van der Waals surface area (Å²) < 4.78 is 11.2. The minimum absolute atomic E-state index is 0.0757. The summed E-state index contributed by atoms with van der Waals surface area (Å²) in [5.74, 6) is -0.0369. The number of fused-ring (bicyclic) bond motifs is 3. The lowest BCUT2D eigenvalue weighted by molar-refractivity contribution is 0.0725. The Kier molecular flexibility index (Phi) is 5.29. The van der Waals surface area contributed by atoms with E-state index in [1.165, 1.54) is 48.5 Å². The lowest BCUT2D eigenvalue weighted by Crippen LogP contribution is -2.16. The van der Waals surface area contributed by atoms with Crippen molar-refractivity contribution >= 4 is 11.9 Å². The van der Waals surface area contributed by atoms with Gasteiger partial charge in [0.25, 0.3) is 0 Å². The molecule has 0 spiro atoms. The van der Waals surface area contributed by atoms with Gasteiger partial charge < -0.3 is 19.7 Å². The maximum absolute atomic E-state index is 12.5. The molecule has 0 radical (unpaired) electrons. The Morgan fingerprint density at radius 1 is 0.600 bits per heavy atom. The van der Waals surface area contributed by atoms with Gasteiger partial charge in [0.1, 0.15) is 23.0 Å². The van der Waals surface area contributed by atoms with Gasteiger partial charge in [0, 0.05) is 5.41 Å². The van der Waals surface area contributed by atoms with Crippen LogP contribution in [-0.4, -0.2) is 22.2 Å². The van der Waals surface area contributed by atoms with E-state index >= 15 is 0 Å². The molecule has 2 N–H and O–H groups in total. The first-order valence-corrected chi connectivity index (χ1v) is 11.0. The zero-order valence-electron chi connectivity index (χ0n) is 19.1. The molecule has 0 amide bonds. The highest BCUT2D eigenvalue weighted by Gasteiger charge is 2.36. The third kappa shape index (κ3) is 4.10. The summed E-state index contributed by atoms with van der Waals surface area (Å²) in [7, 11) is 0. The maximum atomic E-state index is 12.5. The van der Waals surface area contributed by atoms with Gasteiger partial charge in [-0.15, -0.1) is 0 Å². The fourth-order valence-electron chi connectivity index (χ4n) is 4.35. The van der Waals surface area contributed by atoms with Gasteiger partial charge in [0.15, 0.2) is 0 Å². The third-order valence-electron chi connectivity index (χ3n) is 6.25. The normalized spacial score (nSPS) is 13.0. The number of hydrogen-bond donors (Lipinski definition) is 2. The number of ether oxygens (including phenoxy) is 2. The second-order valence-corrected chi connectivity index (χ2v) is 8.91. The van der Waals surface area contributed by atoms with E-state index in [1.807, 2.05) is 24.3 Å². The molecule has 0 bridgehead atoms. The van der Waals surface area contributed by atoms with Gasteiger partial charge in [-0.1, -0.05) is 26.0 Å². The quantitative estimate of drug-likeness (QED) is 0.290. The number of esters is 2. The van der Waals surface area contributed by atoms with Crippen LogP contribution >= 0.6 is 0 Å². The smallest absolute Gasteiger partial charge is 0.343 e.